The lowest BCUT2D eigenvalue weighted by atomic mass is 10.5. The third kappa shape index (κ3) is 8.04. The van der Waals surface area contributed by atoms with Crippen molar-refractivity contribution in [2.24, 2.45) is 0 Å². The molecule has 0 unspecified atom stereocenters. The standard InChI is InChI=1S/C6H8BrF2O/c1-2-10-5-3-4-6(7,8)9/h3-4H,1-2,5H2. The van der Waals surface area contributed by atoms with Gasteiger partial charge in [0, 0.05) is 6.61 Å². The van der Waals surface area contributed by atoms with Gasteiger partial charge in [0.25, 0.3) is 0 Å². The van der Waals surface area contributed by atoms with Crippen molar-refractivity contribution < 1.29 is 13.5 Å². The van der Waals surface area contributed by atoms with Gasteiger partial charge in [0.2, 0.25) is 0 Å². The van der Waals surface area contributed by atoms with Crippen LogP contribution in [0.4, 0.5) is 8.78 Å². The van der Waals surface area contributed by atoms with E-state index in [2.05, 4.69) is 27.6 Å². The zero-order valence-corrected chi connectivity index (χ0v) is 6.90. The highest BCUT2D eigenvalue weighted by molar-refractivity contribution is 9.10. The Labute approximate surface area is 67.2 Å². The number of rotatable bonds is 4. The van der Waals surface area contributed by atoms with Gasteiger partial charge in [-0.2, -0.15) is 8.78 Å². The number of ether oxygens (including phenoxy) is 1. The van der Waals surface area contributed by atoms with E-state index < -0.39 is 4.83 Å². The zero-order valence-electron chi connectivity index (χ0n) is 5.32. The van der Waals surface area contributed by atoms with Crippen LogP contribution in [-0.4, -0.2) is 18.0 Å². The molecule has 0 fully saturated rings. The van der Waals surface area contributed by atoms with E-state index in [-0.39, 0.29) is 13.2 Å². The fourth-order valence-electron chi connectivity index (χ4n) is 0.333. The first-order valence-electron chi connectivity index (χ1n) is 2.67. The van der Waals surface area contributed by atoms with Crippen LogP contribution in [0.15, 0.2) is 12.2 Å². The summed E-state index contributed by atoms with van der Waals surface area (Å²) in [5, 5.41) is 0. The fraction of sp³-hybridized carbons (Fsp3) is 0.500. The van der Waals surface area contributed by atoms with Crippen LogP contribution in [0, 0.1) is 6.92 Å². The third-order valence-electron chi connectivity index (χ3n) is 0.665. The molecule has 0 aromatic heterocycles. The molecule has 0 saturated carbocycles. The smallest absolute Gasteiger partial charge is 0.320 e. The molecule has 0 aromatic rings. The van der Waals surface area contributed by atoms with E-state index in [0.717, 1.165) is 6.08 Å². The molecule has 0 aliphatic heterocycles. The minimum absolute atomic E-state index is 0.171. The molecule has 0 aromatic carbocycles. The van der Waals surface area contributed by atoms with E-state index in [0.29, 0.717) is 0 Å². The van der Waals surface area contributed by atoms with Crippen molar-refractivity contribution in [1.29, 1.82) is 0 Å². The Kier molecular flexibility index (Phi) is 4.81. The Morgan fingerprint density at radius 2 is 2.20 bits per heavy atom. The molecule has 0 rings (SSSR count). The van der Waals surface area contributed by atoms with Crippen molar-refractivity contribution in [3.63, 3.8) is 0 Å². The Bertz CT molecular complexity index is 109. The second kappa shape index (κ2) is 4.79. The van der Waals surface area contributed by atoms with Gasteiger partial charge in [-0.05, 0) is 28.9 Å². The molecule has 0 amide bonds. The molecule has 0 aliphatic carbocycles. The predicted molar refractivity (Wildman–Crippen MR) is 39.2 cm³/mol. The molecule has 1 nitrogen and oxygen atoms in total. The summed E-state index contributed by atoms with van der Waals surface area (Å²) in [5.74, 6) is 0. The Balaban J connectivity index is 3.37. The van der Waals surface area contributed by atoms with E-state index in [1.807, 2.05) is 0 Å². The van der Waals surface area contributed by atoms with Gasteiger partial charge >= 0.3 is 4.83 Å². The minimum Gasteiger partial charge on any atom is -0.377 e. The van der Waals surface area contributed by atoms with Crippen LogP contribution >= 0.6 is 15.9 Å². The van der Waals surface area contributed by atoms with Gasteiger partial charge in [-0.15, -0.1) is 0 Å². The fourth-order valence-corrected chi connectivity index (χ4v) is 0.520. The number of halogens is 3. The summed E-state index contributed by atoms with van der Waals surface area (Å²) in [6.07, 6.45) is 1.96. The first-order valence-corrected chi connectivity index (χ1v) is 3.47. The van der Waals surface area contributed by atoms with Crippen molar-refractivity contribution in [2.75, 3.05) is 13.2 Å². The largest absolute Gasteiger partial charge is 0.377 e. The highest BCUT2D eigenvalue weighted by atomic mass is 79.9. The Hall–Kier alpha value is 0.0400. The van der Waals surface area contributed by atoms with E-state index >= 15 is 0 Å². The van der Waals surface area contributed by atoms with Gasteiger partial charge in [-0.25, -0.2) is 0 Å². The maximum atomic E-state index is 11.9. The molecule has 0 bridgehead atoms. The lowest BCUT2D eigenvalue weighted by Gasteiger charge is -1.99. The molecule has 0 atom stereocenters. The first kappa shape index (κ1) is 10.0. The van der Waals surface area contributed by atoms with Crippen LogP contribution in [0.2, 0.25) is 0 Å². The number of alkyl halides is 3. The molecular weight excluding hydrogens is 206 g/mol. The highest BCUT2D eigenvalue weighted by Gasteiger charge is 2.17. The minimum atomic E-state index is -2.92. The van der Waals surface area contributed by atoms with Crippen LogP contribution in [0.1, 0.15) is 0 Å². The average Bonchev–Trinajstić information content (AvgIpc) is 1.78. The SMILES string of the molecule is [CH2]COCC=CC(F)(F)Br. The second-order valence-corrected chi connectivity index (χ2v) is 2.58. The summed E-state index contributed by atoms with van der Waals surface area (Å²) >= 11 is 2.14. The molecule has 1 radical (unpaired) electrons. The summed E-state index contributed by atoms with van der Waals surface area (Å²) in [5.41, 5.74) is 0. The van der Waals surface area contributed by atoms with E-state index in [1.165, 1.54) is 6.08 Å². The molecule has 0 N–H and O–H groups in total. The topological polar surface area (TPSA) is 9.23 Å². The second-order valence-electron chi connectivity index (χ2n) is 1.52. The summed E-state index contributed by atoms with van der Waals surface area (Å²) in [6.45, 7) is 3.83. The Morgan fingerprint density at radius 3 is 2.60 bits per heavy atom. The lowest BCUT2D eigenvalue weighted by Crippen LogP contribution is -1.99. The predicted octanol–water partition coefficient (Wildman–Crippen LogP) is 2.38. The molecule has 0 spiro atoms. The van der Waals surface area contributed by atoms with Crippen molar-refractivity contribution in [2.45, 2.75) is 4.83 Å². The summed E-state index contributed by atoms with van der Waals surface area (Å²) in [6, 6.07) is 0. The average molecular weight is 214 g/mol. The van der Waals surface area contributed by atoms with E-state index in [1.54, 1.807) is 0 Å². The molecule has 0 saturated heterocycles. The van der Waals surface area contributed by atoms with Gasteiger partial charge in [-0.3, -0.25) is 0 Å². The summed E-state index contributed by atoms with van der Waals surface area (Å²) in [7, 11) is 0. The van der Waals surface area contributed by atoms with Crippen molar-refractivity contribution in [3.8, 4) is 0 Å². The van der Waals surface area contributed by atoms with Crippen LogP contribution in [-0.2, 0) is 4.74 Å². The summed E-state index contributed by atoms with van der Waals surface area (Å²) < 4.78 is 28.5. The highest BCUT2D eigenvalue weighted by Crippen LogP contribution is 2.22. The summed E-state index contributed by atoms with van der Waals surface area (Å²) in [4.78, 5) is -2.92. The maximum Gasteiger partial charge on any atom is 0.320 e. The molecule has 4 heteroatoms. The van der Waals surface area contributed by atoms with Crippen LogP contribution in [0.25, 0.3) is 0 Å². The van der Waals surface area contributed by atoms with Crippen molar-refractivity contribution in [3.05, 3.63) is 19.1 Å². The van der Waals surface area contributed by atoms with Crippen LogP contribution in [0.5, 0.6) is 0 Å². The lowest BCUT2D eigenvalue weighted by molar-refractivity contribution is 0.165. The van der Waals surface area contributed by atoms with Gasteiger partial charge in [-0.1, -0.05) is 6.08 Å². The quantitative estimate of drug-likeness (QED) is 0.396. The molecule has 0 aliphatic rings. The van der Waals surface area contributed by atoms with Crippen LogP contribution < -0.4 is 0 Å². The molecule has 10 heavy (non-hydrogen) atoms. The number of allylic oxidation sites excluding steroid dienone is 1. The molecular formula is C6H8BrF2O. The monoisotopic (exact) mass is 213 g/mol. The Morgan fingerprint density at radius 1 is 1.60 bits per heavy atom. The van der Waals surface area contributed by atoms with Gasteiger partial charge in [0.15, 0.2) is 0 Å². The van der Waals surface area contributed by atoms with Crippen molar-refractivity contribution >= 4 is 15.9 Å². The normalized spacial score (nSPS) is 12.8. The number of hydrogen-bond acceptors (Lipinski definition) is 1. The first-order chi connectivity index (χ1) is 4.56. The molecule has 59 valence electrons. The zero-order chi connectivity index (χ0) is 8.04. The van der Waals surface area contributed by atoms with E-state index in [9.17, 15) is 8.78 Å². The van der Waals surface area contributed by atoms with Gasteiger partial charge < -0.3 is 4.74 Å². The third-order valence-corrected chi connectivity index (χ3v) is 0.930. The van der Waals surface area contributed by atoms with Gasteiger partial charge in [0.05, 0.1) is 6.61 Å². The van der Waals surface area contributed by atoms with Crippen molar-refractivity contribution in [1.82, 2.24) is 0 Å². The van der Waals surface area contributed by atoms with E-state index in [4.69, 9.17) is 0 Å². The maximum absolute atomic E-state index is 11.9. The van der Waals surface area contributed by atoms with Gasteiger partial charge in [0.1, 0.15) is 0 Å². The molecule has 0 heterocycles. The number of hydrogen-bond donors (Lipinski definition) is 0. The van der Waals surface area contributed by atoms with Crippen LogP contribution in [0.3, 0.4) is 0 Å².